The normalized spacial score (nSPS) is 20.4. The second kappa shape index (κ2) is 7.69. The van der Waals surface area contributed by atoms with E-state index in [1.807, 2.05) is 13.1 Å². The third-order valence-electron chi connectivity index (χ3n) is 5.41. The summed E-state index contributed by atoms with van der Waals surface area (Å²) in [4.78, 5) is 18.4. The predicted octanol–water partition coefficient (Wildman–Crippen LogP) is 2.08. The minimum Gasteiger partial charge on any atom is -0.390 e. The number of nitrogens with one attached hydrogen (secondary N) is 1. The van der Waals surface area contributed by atoms with Crippen molar-refractivity contribution in [2.24, 2.45) is 7.05 Å². The van der Waals surface area contributed by atoms with E-state index in [0.29, 0.717) is 25.1 Å². The number of aliphatic hydroxyl groups is 1. The van der Waals surface area contributed by atoms with E-state index in [1.54, 1.807) is 30.6 Å². The minimum absolute atomic E-state index is 0.199. The molecule has 3 aromatic rings. The predicted molar refractivity (Wildman–Crippen MR) is 104 cm³/mol. The SMILES string of the molecule is Cn1c(CN2CCC(NC(=O)c3ccncc3)C(O)C2)cc2cc(F)ccc21. The van der Waals surface area contributed by atoms with Crippen molar-refractivity contribution in [1.82, 2.24) is 19.8 Å². The maximum atomic E-state index is 13.5. The highest BCUT2D eigenvalue weighted by Crippen LogP contribution is 2.22. The zero-order valence-electron chi connectivity index (χ0n) is 15.7. The second-order valence-corrected chi connectivity index (χ2v) is 7.30. The van der Waals surface area contributed by atoms with Crippen LogP contribution in [0.5, 0.6) is 0 Å². The highest BCUT2D eigenvalue weighted by atomic mass is 19.1. The van der Waals surface area contributed by atoms with E-state index in [-0.39, 0.29) is 17.8 Å². The molecule has 28 heavy (non-hydrogen) atoms. The molecule has 146 valence electrons. The fraction of sp³-hybridized carbons (Fsp3) is 0.333. The molecule has 1 fully saturated rings. The third-order valence-corrected chi connectivity index (χ3v) is 5.41. The Morgan fingerprint density at radius 3 is 2.82 bits per heavy atom. The van der Waals surface area contributed by atoms with Gasteiger partial charge in [-0.3, -0.25) is 14.7 Å². The largest absolute Gasteiger partial charge is 0.390 e. The smallest absolute Gasteiger partial charge is 0.251 e. The number of likely N-dealkylation sites (tertiary alicyclic amines) is 1. The summed E-state index contributed by atoms with van der Waals surface area (Å²) in [6, 6.07) is 9.80. The Morgan fingerprint density at radius 1 is 1.29 bits per heavy atom. The van der Waals surface area contributed by atoms with Crippen LogP contribution in [0.2, 0.25) is 0 Å². The molecule has 1 aliphatic rings. The number of piperidine rings is 1. The van der Waals surface area contributed by atoms with Crippen molar-refractivity contribution >= 4 is 16.8 Å². The number of hydrogen-bond donors (Lipinski definition) is 2. The van der Waals surface area contributed by atoms with Gasteiger partial charge < -0.3 is 15.0 Å². The summed E-state index contributed by atoms with van der Waals surface area (Å²) in [6.07, 6.45) is 3.16. The number of benzene rings is 1. The average Bonchev–Trinajstić information content (AvgIpc) is 2.99. The fourth-order valence-electron chi connectivity index (χ4n) is 3.82. The van der Waals surface area contributed by atoms with Crippen LogP contribution in [0.3, 0.4) is 0 Å². The van der Waals surface area contributed by atoms with Crippen molar-refractivity contribution < 1.29 is 14.3 Å². The van der Waals surface area contributed by atoms with Crippen LogP contribution in [0, 0.1) is 5.82 Å². The van der Waals surface area contributed by atoms with Gasteiger partial charge in [-0.15, -0.1) is 0 Å². The van der Waals surface area contributed by atoms with Gasteiger partial charge in [0.25, 0.3) is 5.91 Å². The van der Waals surface area contributed by atoms with Gasteiger partial charge in [0.05, 0.1) is 12.1 Å². The quantitative estimate of drug-likeness (QED) is 0.725. The molecule has 0 radical (unpaired) electrons. The van der Waals surface area contributed by atoms with Crippen molar-refractivity contribution in [2.45, 2.75) is 25.1 Å². The number of aryl methyl sites for hydroxylation is 1. The molecular weight excluding hydrogens is 359 g/mol. The molecule has 6 nitrogen and oxygen atoms in total. The number of carbonyl (C=O) groups excluding carboxylic acids is 1. The molecule has 1 aliphatic heterocycles. The molecule has 2 atom stereocenters. The van der Waals surface area contributed by atoms with E-state index < -0.39 is 6.10 Å². The van der Waals surface area contributed by atoms with E-state index >= 15 is 0 Å². The Morgan fingerprint density at radius 2 is 2.07 bits per heavy atom. The van der Waals surface area contributed by atoms with Crippen molar-refractivity contribution in [3.63, 3.8) is 0 Å². The number of aliphatic hydroxyl groups excluding tert-OH is 1. The van der Waals surface area contributed by atoms with Gasteiger partial charge in [0.2, 0.25) is 0 Å². The molecule has 1 amide bonds. The zero-order valence-corrected chi connectivity index (χ0v) is 15.7. The number of halogens is 1. The monoisotopic (exact) mass is 382 g/mol. The van der Waals surface area contributed by atoms with E-state index in [0.717, 1.165) is 23.1 Å². The van der Waals surface area contributed by atoms with Crippen LogP contribution in [0.1, 0.15) is 22.5 Å². The summed E-state index contributed by atoms with van der Waals surface area (Å²) in [5.74, 6) is -0.443. The summed E-state index contributed by atoms with van der Waals surface area (Å²) in [5.41, 5.74) is 2.58. The van der Waals surface area contributed by atoms with E-state index in [9.17, 15) is 14.3 Å². The van der Waals surface area contributed by atoms with Gasteiger partial charge in [0.15, 0.2) is 0 Å². The van der Waals surface area contributed by atoms with Gasteiger partial charge >= 0.3 is 0 Å². The van der Waals surface area contributed by atoms with Gasteiger partial charge in [-0.2, -0.15) is 0 Å². The van der Waals surface area contributed by atoms with E-state index in [4.69, 9.17) is 0 Å². The number of carbonyl (C=O) groups is 1. The highest BCUT2D eigenvalue weighted by Gasteiger charge is 2.29. The lowest BCUT2D eigenvalue weighted by Crippen LogP contribution is -2.53. The van der Waals surface area contributed by atoms with Gasteiger partial charge in [-0.1, -0.05) is 0 Å². The van der Waals surface area contributed by atoms with Crippen molar-refractivity contribution in [2.75, 3.05) is 13.1 Å². The number of nitrogens with zero attached hydrogens (tertiary/aromatic N) is 3. The molecule has 1 aromatic carbocycles. The molecule has 0 spiro atoms. The molecule has 0 saturated carbocycles. The molecule has 2 unspecified atom stereocenters. The molecule has 4 rings (SSSR count). The number of β-amino-alcohol motifs (C(OH)–C–C–N with tert-alkyl or cyclic N) is 1. The number of hydrogen-bond acceptors (Lipinski definition) is 4. The highest BCUT2D eigenvalue weighted by molar-refractivity contribution is 5.94. The molecule has 2 aromatic heterocycles. The number of rotatable bonds is 4. The maximum absolute atomic E-state index is 13.5. The van der Waals surface area contributed by atoms with Crippen molar-refractivity contribution in [1.29, 1.82) is 0 Å². The Labute approximate surface area is 162 Å². The summed E-state index contributed by atoms with van der Waals surface area (Å²) < 4.78 is 15.5. The van der Waals surface area contributed by atoms with Gasteiger partial charge in [0.1, 0.15) is 5.82 Å². The van der Waals surface area contributed by atoms with Crippen molar-refractivity contribution in [3.8, 4) is 0 Å². The maximum Gasteiger partial charge on any atom is 0.251 e. The Hall–Kier alpha value is -2.77. The van der Waals surface area contributed by atoms with E-state index in [2.05, 4.69) is 19.8 Å². The lowest BCUT2D eigenvalue weighted by atomic mass is 10.0. The molecular formula is C21H23FN4O2. The topological polar surface area (TPSA) is 70.4 Å². The minimum atomic E-state index is -0.647. The first-order valence-electron chi connectivity index (χ1n) is 9.36. The molecule has 3 heterocycles. The van der Waals surface area contributed by atoms with Gasteiger partial charge in [-0.25, -0.2) is 4.39 Å². The molecule has 0 bridgehead atoms. The van der Waals surface area contributed by atoms with Crippen LogP contribution in [0.4, 0.5) is 4.39 Å². The van der Waals surface area contributed by atoms with Crippen molar-refractivity contribution in [3.05, 3.63) is 65.9 Å². The van der Waals surface area contributed by atoms with Crippen LogP contribution in [-0.2, 0) is 13.6 Å². The summed E-state index contributed by atoms with van der Waals surface area (Å²) in [7, 11) is 1.97. The number of amides is 1. The van der Waals surface area contributed by atoms with Crippen LogP contribution in [0.25, 0.3) is 10.9 Å². The summed E-state index contributed by atoms with van der Waals surface area (Å²) in [5, 5.41) is 14.3. The first kappa shape index (κ1) is 18.6. The van der Waals surface area contributed by atoms with Crippen LogP contribution < -0.4 is 5.32 Å². The van der Waals surface area contributed by atoms with Crippen LogP contribution in [0.15, 0.2) is 48.8 Å². The Balaban J connectivity index is 1.39. The Bertz CT molecular complexity index is 989. The number of pyridine rings is 1. The average molecular weight is 382 g/mol. The van der Waals surface area contributed by atoms with Gasteiger partial charge in [0, 0.05) is 61.2 Å². The lowest BCUT2D eigenvalue weighted by molar-refractivity contribution is 0.0343. The van der Waals surface area contributed by atoms with Crippen LogP contribution in [-0.4, -0.2) is 50.7 Å². The zero-order chi connectivity index (χ0) is 19.7. The third kappa shape index (κ3) is 3.76. The summed E-state index contributed by atoms with van der Waals surface area (Å²) >= 11 is 0. The number of fused-ring (bicyclic) bond motifs is 1. The Kier molecular flexibility index (Phi) is 5.11. The number of aromatic nitrogens is 2. The fourth-order valence-corrected chi connectivity index (χ4v) is 3.82. The molecule has 7 heteroatoms. The molecule has 1 saturated heterocycles. The lowest BCUT2D eigenvalue weighted by Gasteiger charge is -2.36. The summed E-state index contributed by atoms with van der Waals surface area (Å²) in [6.45, 7) is 1.89. The first-order chi connectivity index (χ1) is 13.5. The van der Waals surface area contributed by atoms with Gasteiger partial charge in [-0.05, 0) is 42.8 Å². The standard InChI is InChI=1S/C21H23FN4O2/c1-25-17(11-15-10-16(22)2-3-19(15)25)12-26-9-6-18(20(27)13-26)24-21(28)14-4-7-23-8-5-14/h2-5,7-8,10-11,18,20,27H,6,9,12-13H2,1H3,(H,24,28). The molecule has 2 N–H and O–H groups in total. The van der Waals surface area contributed by atoms with Crippen LogP contribution >= 0.6 is 0 Å². The first-order valence-corrected chi connectivity index (χ1v) is 9.36. The van der Waals surface area contributed by atoms with E-state index in [1.165, 1.54) is 12.1 Å². The molecule has 0 aliphatic carbocycles. The second-order valence-electron chi connectivity index (χ2n) is 7.30.